The molecule has 1 atom stereocenters. The number of amides is 2. The second kappa shape index (κ2) is 9.91. The van der Waals surface area contributed by atoms with Crippen LogP contribution in [0.1, 0.15) is 28.9 Å². The first-order valence-corrected chi connectivity index (χ1v) is 8.53. The third-order valence-electron chi connectivity index (χ3n) is 3.75. The summed E-state index contributed by atoms with van der Waals surface area (Å²) in [5.41, 5.74) is 0.695. The normalized spacial score (nSPS) is 11.1. The zero-order valence-corrected chi connectivity index (χ0v) is 15.6. The van der Waals surface area contributed by atoms with Crippen LogP contribution in [0.25, 0.3) is 0 Å². The fourth-order valence-electron chi connectivity index (χ4n) is 2.34. The highest BCUT2D eigenvalue weighted by Crippen LogP contribution is 2.27. The minimum atomic E-state index is -1.13. The van der Waals surface area contributed by atoms with Gasteiger partial charge < -0.3 is 14.2 Å². The summed E-state index contributed by atoms with van der Waals surface area (Å²) < 4.78 is 15.4. The third kappa shape index (κ3) is 5.44. The predicted octanol–water partition coefficient (Wildman–Crippen LogP) is 3.42. The van der Waals surface area contributed by atoms with Crippen LogP contribution < -0.4 is 10.1 Å². The van der Waals surface area contributed by atoms with Gasteiger partial charge >= 0.3 is 12.1 Å². The first kappa shape index (κ1) is 20.7. The van der Waals surface area contributed by atoms with Crippen molar-refractivity contribution in [3.8, 4) is 5.75 Å². The Morgan fingerprint density at radius 3 is 2.25 bits per heavy atom. The molecule has 0 aliphatic heterocycles. The minimum absolute atomic E-state index is 0.0747. The van der Waals surface area contributed by atoms with Crippen LogP contribution in [0.3, 0.4) is 0 Å². The molecular weight excluding hydrogens is 362 g/mol. The lowest BCUT2D eigenvalue weighted by Gasteiger charge is -2.20. The van der Waals surface area contributed by atoms with E-state index in [1.165, 1.54) is 7.11 Å². The number of alkyl carbamates (subject to hydrolysis) is 1. The number of rotatable bonds is 7. The molecule has 0 aromatic heterocycles. The van der Waals surface area contributed by atoms with Crippen molar-refractivity contribution in [1.82, 2.24) is 5.32 Å². The number of hydrogen-bond donors (Lipinski definition) is 1. The fourth-order valence-corrected chi connectivity index (χ4v) is 2.34. The number of methoxy groups -OCH3 is 1. The van der Waals surface area contributed by atoms with Crippen molar-refractivity contribution >= 4 is 18.0 Å². The molecule has 0 bridgehead atoms. The van der Waals surface area contributed by atoms with Gasteiger partial charge in [0.2, 0.25) is 0 Å². The summed E-state index contributed by atoms with van der Waals surface area (Å²) in [6, 6.07) is 14.8. The predicted molar refractivity (Wildman–Crippen MR) is 102 cm³/mol. The Morgan fingerprint density at radius 1 is 1.04 bits per heavy atom. The number of ether oxygens (including phenoxy) is 3. The zero-order chi connectivity index (χ0) is 20.5. The molecule has 146 valence electrons. The molecule has 2 amide bonds. The van der Waals surface area contributed by atoms with Gasteiger partial charge in [-0.15, -0.1) is 0 Å². The Kier molecular flexibility index (Phi) is 7.33. The average molecular weight is 383 g/mol. The third-order valence-corrected chi connectivity index (χ3v) is 3.75. The lowest BCUT2D eigenvalue weighted by atomic mass is 10.0. The summed E-state index contributed by atoms with van der Waals surface area (Å²) in [5, 5.41) is 2.13. The molecule has 0 aliphatic rings. The summed E-state index contributed by atoms with van der Waals surface area (Å²) in [6.07, 6.45) is -2.14. The number of imide groups is 1. The number of carbonyl (C=O) groups is 3. The van der Waals surface area contributed by atoms with E-state index in [1.54, 1.807) is 61.5 Å². The molecule has 2 rings (SSSR count). The zero-order valence-electron chi connectivity index (χ0n) is 15.6. The molecule has 0 fully saturated rings. The van der Waals surface area contributed by atoms with Crippen LogP contribution in [0.5, 0.6) is 5.75 Å². The average Bonchev–Trinajstić information content (AvgIpc) is 2.72. The lowest BCUT2D eigenvalue weighted by molar-refractivity contribution is -0.139. The Hall–Kier alpha value is -3.61. The van der Waals surface area contributed by atoms with Crippen molar-refractivity contribution in [2.75, 3.05) is 13.7 Å². The first-order valence-electron chi connectivity index (χ1n) is 8.53. The molecule has 7 heteroatoms. The van der Waals surface area contributed by atoms with Gasteiger partial charge in [0.05, 0.1) is 19.3 Å². The van der Waals surface area contributed by atoms with Crippen LogP contribution in [0, 0.1) is 0 Å². The van der Waals surface area contributed by atoms with E-state index in [0.717, 1.165) is 0 Å². The van der Waals surface area contributed by atoms with E-state index < -0.39 is 24.1 Å². The molecule has 1 unspecified atom stereocenters. The maximum Gasteiger partial charge on any atom is 0.415 e. The standard InChI is InChI=1S/C21H21NO6/c1-4-27-20(24)14(2)18(15-10-12-17(26-3)13-11-15)28-21(25)22-19(23)16-8-6-5-7-9-16/h5-13,18H,2,4H2,1,3H3,(H,22,23,25). The van der Waals surface area contributed by atoms with Gasteiger partial charge in [0, 0.05) is 5.56 Å². The maximum absolute atomic E-state index is 12.2. The van der Waals surface area contributed by atoms with Gasteiger partial charge in [-0.05, 0) is 36.8 Å². The maximum atomic E-state index is 12.2. The molecule has 0 heterocycles. The number of nitrogens with one attached hydrogen (secondary N) is 1. The quantitative estimate of drug-likeness (QED) is 0.582. The van der Waals surface area contributed by atoms with Crippen LogP contribution in [0.2, 0.25) is 0 Å². The fraction of sp³-hybridized carbons (Fsp3) is 0.190. The molecule has 0 aliphatic carbocycles. The molecule has 1 N–H and O–H groups in total. The topological polar surface area (TPSA) is 90.9 Å². The van der Waals surface area contributed by atoms with Gasteiger partial charge in [0.15, 0.2) is 6.10 Å². The molecule has 0 radical (unpaired) electrons. The number of benzene rings is 2. The van der Waals surface area contributed by atoms with Gasteiger partial charge in [-0.25, -0.2) is 9.59 Å². The van der Waals surface area contributed by atoms with E-state index in [9.17, 15) is 14.4 Å². The summed E-state index contributed by atoms with van der Waals surface area (Å²) >= 11 is 0. The Bertz CT molecular complexity index is 845. The number of esters is 1. The van der Waals surface area contributed by atoms with Crippen molar-refractivity contribution < 1.29 is 28.6 Å². The van der Waals surface area contributed by atoms with Crippen LogP contribution in [-0.2, 0) is 14.3 Å². The molecule has 0 saturated heterocycles. The van der Waals surface area contributed by atoms with Crippen LogP contribution in [-0.4, -0.2) is 31.7 Å². The number of hydrogen-bond acceptors (Lipinski definition) is 6. The molecule has 2 aromatic carbocycles. The van der Waals surface area contributed by atoms with E-state index in [-0.39, 0.29) is 12.2 Å². The Morgan fingerprint density at radius 2 is 1.68 bits per heavy atom. The minimum Gasteiger partial charge on any atom is -0.497 e. The van der Waals surface area contributed by atoms with E-state index in [0.29, 0.717) is 16.9 Å². The molecule has 0 saturated carbocycles. The monoisotopic (exact) mass is 383 g/mol. The van der Waals surface area contributed by atoms with E-state index in [4.69, 9.17) is 14.2 Å². The summed E-state index contributed by atoms with van der Waals surface area (Å²) in [4.78, 5) is 36.4. The lowest BCUT2D eigenvalue weighted by Crippen LogP contribution is -2.33. The molecular formula is C21H21NO6. The van der Waals surface area contributed by atoms with Crippen molar-refractivity contribution in [3.63, 3.8) is 0 Å². The highest BCUT2D eigenvalue weighted by Gasteiger charge is 2.27. The summed E-state index contributed by atoms with van der Waals surface area (Å²) in [5.74, 6) is -0.737. The Balaban J connectivity index is 2.18. The van der Waals surface area contributed by atoms with Gasteiger partial charge in [-0.3, -0.25) is 10.1 Å². The molecule has 7 nitrogen and oxygen atoms in total. The van der Waals surface area contributed by atoms with Crippen molar-refractivity contribution in [2.24, 2.45) is 0 Å². The van der Waals surface area contributed by atoms with Crippen LogP contribution in [0.4, 0.5) is 4.79 Å². The number of carbonyl (C=O) groups excluding carboxylic acids is 3. The van der Waals surface area contributed by atoms with Crippen LogP contribution in [0.15, 0.2) is 66.7 Å². The molecule has 28 heavy (non-hydrogen) atoms. The Labute approximate surface area is 162 Å². The van der Waals surface area contributed by atoms with Gasteiger partial charge in [0.1, 0.15) is 5.75 Å². The molecule has 2 aromatic rings. The smallest absolute Gasteiger partial charge is 0.415 e. The second-order valence-corrected chi connectivity index (χ2v) is 5.62. The first-order chi connectivity index (χ1) is 13.5. The largest absolute Gasteiger partial charge is 0.497 e. The highest BCUT2D eigenvalue weighted by atomic mass is 16.6. The van der Waals surface area contributed by atoms with Gasteiger partial charge in [0.25, 0.3) is 5.91 Å². The van der Waals surface area contributed by atoms with Crippen molar-refractivity contribution in [1.29, 1.82) is 0 Å². The van der Waals surface area contributed by atoms with Crippen LogP contribution >= 0.6 is 0 Å². The second-order valence-electron chi connectivity index (χ2n) is 5.62. The SMILES string of the molecule is C=C(C(=O)OCC)C(OC(=O)NC(=O)c1ccccc1)c1ccc(OC)cc1. The van der Waals surface area contributed by atoms with Crippen molar-refractivity contribution in [2.45, 2.75) is 13.0 Å². The van der Waals surface area contributed by atoms with Gasteiger partial charge in [-0.2, -0.15) is 0 Å². The van der Waals surface area contributed by atoms with E-state index in [1.807, 2.05) is 0 Å². The van der Waals surface area contributed by atoms with Crippen molar-refractivity contribution in [3.05, 3.63) is 77.9 Å². The summed E-state index contributed by atoms with van der Waals surface area (Å²) in [6.45, 7) is 5.48. The van der Waals surface area contributed by atoms with E-state index in [2.05, 4.69) is 11.9 Å². The summed E-state index contributed by atoms with van der Waals surface area (Å²) in [7, 11) is 1.52. The molecule has 0 spiro atoms. The van der Waals surface area contributed by atoms with E-state index >= 15 is 0 Å². The van der Waals surface area contributed by atoms with Gasteiger partial charge in [-0.1, -0.05) is 36.9 Å². The highest BCUT2D eigenvalue weighted by molar-refractivity contribution is 6.03.